The van der Waals surface area contributed by atoms with Gasteiger partial charge in [0.25, 0.3) is 5.91 Å². The molecule has 1 fully saturated rings. The molecule has 1 amide bonds. The van der Waals surface area contributed by atoms with Crippen LogP contribution in [0, 0.1) is 0 Å². The summed E-state index contributed by atoms with van der Waals surface area (Å²) in [6.45, 7) is 3.31. The number of amides is 1. The Morgan fingerprint density at radius 1 is 1.00 bits per heavy atom. The minimum atomic E-state index is -1.11. The number of aromatic nitrogens is 2. The van der Waals surface area contributed by atoms with E-state index in [2.05, 4.69) is 9.97 Å². The van der Waals surface area contributed by atoms with E-state index in [0.29, 0.717) is 62.3 Å². The molecule has 1 aromatic heterocycles. The Kier molecular flexibility index (Phi) is 4.96. The molecule has 0 unspecified atom stereocenters. The Morgan fingerprint density at radius 3 is 2.64 bits per heavy atom. The second-order valence-electron chi connectivity index (χ2n) is 6.56. The van der Waals surface area contributed by atoms with E-state index >= 15 is 0 Å². The number of ether oxygens (including phenoxy) is 2. The van der Waals surface area contributed by atoms with Crippen LogP contribution in [0.3, 0.4) is 0 Å². The molecule has 0 radical (unpaired) electrons. The maximum absolute atomic E-state index is 12.9. The fourth-order valence-electron chi connectivity index (χ4n) is 3.32. The van der Waals surface area contributed by atoms with Gasteiger partial charge in [-0.3, -0.25) is 9.78 Å². The van der Waals surface area contributed by atoms with Crippen LogP contribution in [0.25, 0.3) is 0 Å². The van der Waals surface area contributed by atoms with Crippen molar-refractivity contribution in [1.29, 1.82) is 0 Å². The van der Waals surface area contributed by atoms with Crippen LogP contribution in [0.1, 0.15) is 27.3 Å². The first-order valence-corrected chi connectivity index (χ1v) is 9.11. The number of rotatable bonds is 3. The Balaban J connectivity index is 1.46. The topological polar surface area (TPSA) is 105 Å². The van der Waals surface area contributed by atoms with Crippen molar-refractivity contribution < 1.29 is 24.2 Å². The van der Waals surface area contributed by atoms with Gasteiger partial charge >= 0.3 is 5.97 Å². The van der Waals surface area contributed by atoms with Gasteiger partial charge in [-0.05, 0) is 24.6 Å². The summed E-state index contributed by atoms with van der Waals surface area (Å²) in [5.41, 5.74) is 0.469. The van der Waals surface area contributed by atoms with Gasteiger partial charge in [-0.1, -0.05) is 0 Å². The standard InChI is InChI=1S/C19H20N4O5/c24-18(13-2-3-15-16(10-13)28-9-8-27-15)23-5-1-4-22(6-7-23)17-12-20-11-14(21-17)19(25)26/h2-3,10-12H,1,4-9H2,(H,25,26). The summed E-state index contributed by atoms with van der Waals surface area (Å²) in [5.74, 6) is 0.577. The lowest BCUT2D eigenvalue weighted by atomic mass is 10.1. The molecule has 0 saturated carbocycles. The fraction of sp³-hybridized carbons (Fsp3) is 0.368. The molecule has 2 aliphatic rings. The molecule has 0 aliphatic carbocycles. The highest BCUT2D eigenvalue weighted by atomic mass is 16.6. The van der Waals surface area contributed by atoms with Gasteiger partial charge in [0.1, 0.15) is 19.0 Å². The van der Waals surface area contributed by atoms with E-state index in [1.165, 1.54) is 6.20 Å². The molecule has 28 heavy (non-hydrogen) atoms. The molecule has 3 heterocycles. The van der Waals surface area contributed by atoms with Gasteiger partial charge in [0.15, 0.2) is 17.2 Å². The second kappa shape index (κ2) is 7.71. The van der Waals surface area contributed by atoms with Crippen LogP contribution in [0.4, 0.5) is 5.82 Å². The highest BCUT2D eigenvalue weighted by molar-refractivity contribution is 5.95. The Morgan fingerprint density at radius 2 is 1.82 bits per heavy atom. The monoisotopic (exact) mass is 384 g/mol. The van der Waals surface area contributed by atoms with Crippen molar-refractivity contribution in [3.05, 3.63) is 41.9 Å². The molecule has 0 atom stereocenters. The number of hydrogen-bond acceptors (Lipinski definition) is 7. The molecular formula is C19H20N4O5. The van der Waals surface area contributed by atoms with Crippen LogP contribution in [0.15, 0.2) is 30.6 Å². The molecule has 2 aliphatic heterocycles. The molecule has 146 valence electrons. The van der Waals surface area contributed by atoms with E-state index in [1.54, 1.807) is 29.3 Å². The molecule has 1 saturated heterocycles. The van der Waals surface area contributed by atoms with Gasteiger partial charge in [-0.25, -0.2) is 9.78 Å². The molecule has 1 N–H and O–H groups in total. The summed E-state index contributed by atoms with van der Waals surface area (Å²) >= 11 is 0. The molecule has 9 heteroatoms. The number of benzene rings is 1. The van der Waals surface area contributed by atoms with Gasteiger partial charge in [0, 0.05) is 31.7 Å². The Hall–Kier alpha value is -3.36. The lowest BCUT2D eigenvalue weighted by molar-refractivity contribution is 0.0689. The minimum Gasteiger partial charge on any atom is -0.486 e. The third-order valence-corrected chi connectivity index (χ3v) is 4.74. The van der Waals surface area contributed by atoms with Gasteiger partial charge in [0.05, 0.1) is 12.4 Å². The van der Waals surface area contributed by atoms with E-state index in [4.69, 9.17) is 14.6 Å². The maximum Gasteiger partial charge on any atom is 0.356 e. The Bertz CT molecular complexity index is 904. The normalized spacial score (nSPS) is 16.4. The van der Waals surface area contributed by atoms with E-state index in [-0.39, 0.29) is 11.6 Å². The van der Waals surface area contributed by atoms with E-state index in [9.17, 15) is 9.59 Å². The van der Waals surface area contributed by atoms with E-state index in [1.807, 2.05) is 4.90 Å². The molecule has 2 aromatic rings. The van der Waals surface area contributed by atoms with Crippen molar-refractivity contribution in [2.45, 2.75) is 6.42 Å². The smallest absolute Gasteiger partial charge is 0.356 e. The van der Waals surface area contributed by atoms with Gasteiger partial charge in [-0.15, -0.1) is 0 Å². The van der Waals surface area contributed by atoms with Crippen molar-refractivity contribution in [3.63, 3.8) is 0 Å². The van der Waals surface area contributed by atoms with E-state index < -0.39 is 5.97 Å². The van der Waals surface area contributed by atoms with Crippen molar-refractivity contribution >= 4 is 17.7 Å². The summed E-state index contributed by atoms with van der Waals surface area (Å²) in [5, 5.41) is 9.10. The van der Waals surface area contributed by atoms with Crippen molar-refractivity contribution in [1.82, 2.24) is 14.9 Å². The van der Waals surface area contributed by atoms with Crippen molar-refractivity contribution in [2.24, 2.45) is 0 Å². The highest BCUT2D eigenvalue weighted by Crippen LogP contribution is 2.31. The zero-order valence-electron chi connectivity index (χ0n) is 15.2. The maximum atomic E-state index is 12.9. The first kappa shape index (κ1) is 18.0. The summed E-state index contributed by atoms with van der Waals surface area (Å²) in [6, 6.07) is 5.24. The lowest BCUT2D eigenvalue weighted by Gasteiger charge is -2.23. The molecule has 9 nitrogen and oxygen atoms in total. The largest absolute Gasteiger partial charge is 0.486 e. The number of fused-ring (bicyclic) bond motifs is 1. The number of nitrogens with zero attached hydrogens (tertiary/aromatic N) is 4. The van der Waals surface area contributed by atoms with Crippen LogP contribution in [0.2, 0.25) is 0 Å². The second-order valence-corrected chi connectivity index (χ2v) is 6.56. The quantitative estimate of drug-likeness (QED) is 0.844. The SMILES string of the molecule is O=C(O)c1cncc(N2CCCN(C(=O)c3ccc4c(c3)OCCO4)CC2)n1. The van der Waals surface area contributed by atoms with Crippen LogP contribution < -0.4 is 14.4 Å². The zero-order valence-corrected chi connectivity index (χ0v) is 15.2. The lowest BCUT2D eigenvalue weighted by Crippen LogP contribution is -2.35. The average molecular weight is 384 g/mol. The average Bonchev–Trinajstić information content (AvgIpc) is 2.99. The summed E-state index contributed by atoms with van der Waals surface area (Å²) in [4.78, 5) is 35.9. The predicted octanol–water partition coefficient (Wildman–Crippen LogP) is 1.30. The molecule has 4 rings (SSSR count). The first-order chi connectivity index (χ1) is 13.6. The van der Waals surface area contributed by atoms with Gasteiger partial charge in [-0.2, -0.15) is 0 Å². The minimum absolute atomic E-state index is 0.0656. The van der Waals surface area contributed by atoms with Crippen molar-refractivity contribution in [2.75, 3.05) is 44.3 Å². The van der Waals surface area contributed by atoms with Gasteiger partial charge in [0.2, 0.25) is 0 Å². The third kappa shape index (κ3) is 3.68. The molecule has 0 spiro atoms. The summed E-state index contributed by atoms with van der Waals surface area (Å²) < 4.78 is 11.1. The number of carbonyl (C=O) groups excluding carboxylic acids is 1. The van der Waals surface area contributed by atoms with Crippen LogP contribution in [-0.4, -0.2) is 71.2 Å². The zero-order chi connectivity index (χ0) is 19.5. The molecule has 1 aromatic carbocycles. The van der Waals surface area contributed by atoms with Crippen LogP contribution >= 0.6 is 0 Å². The molecular weight excluding hydrogens is 364 g/mol. The van der Waals surface area contributed by atoms with E-state index in [0.717, 1.165) is 6.42 Å². The van der Waals surface area contributed by atoms with Crippen LogP contribution in [0.5, 0.6) is 11.5 Å². The number of carbonyl (C=O) groups is 2. The van der Waals surface area contributed by atoms with Gasteiger partial charge < -0.3 is 24.4 Å². The van der Waals surface area contributed by atoms with Crippen molar-refractivity contribution in [3.8, 4) is 11.5 Å². The summed E-state index contributed by atoms with van der Waals surface area (Å²) in [6.07, 6.45) is 3.52. The predicted molar refractivity (Wildman–Crippen MR) is 99.2 cm³/mol. The number of carboxylic acids is 1. The molecule has 0 bridgehead atoms. The highest BCUT2D eigenvalue weighted by Gasteiger charge is 2.23. The van der Waals surface area contributed by atoms with Crippen LogP contribution in [-0.2, 0) is 0 Å². The number of aromatic carboxylic acids is 1. The number of hydrogen-bond donors (Lipinski definition) is 1. The fourth-order valence-corrected chi connectivity index (χ4v) is 3.32. The number of anilines is 1. The summed E-state index contributed by atoms with van der Waals surface area (Å²) in [7, 11) is 0. The third-order valence-electron chi connectivity index (χ3n) is 4.74. The number of carboxylic acid groups (broad SMARTS) is 1. The first-order valence-electron chi connectivity index (χ1n) is 9.11. The Labute approximate surface area is 161 Å².